The Balaban J connectivity index is 1.01. The van der Waals surface area contributed by atoms with Gasteiger partial charge in [0.25, 0.3) is 5.82 Å². The van der Waals surface area contributed by atoms with Crippen molar-refractivity contribution < 1.29 is 13.9 Å². The molecule has 47 heavy (non-hydrogen) atoms. The Bertz CT molecular complexity index is 2060. The number of imidazole rings is 1. The molecule has 2 atom stereocenters. The van der Waals surface area contributed by atoms with Crippen LogP contribution in [0.15, 0.2) is 54.7 Å². The Morgan fingerprint density at radius 2 is 2.00 bits per heavy atom. The van der Waals surface area contributed by atoms with Crippen LogP contribution in [0.3, 0.4) is 0 Å². The molecule has 2 fully saturated rings. The van der Waals surface area contributed by atoms with Gasteiger partial charge in [-0.3, -0.25) is 15.0 Å². The molecule has 0 radical (unpaired) electrons. The molecule has 5 aromatic rings. The molecule has 10 nitrogen and oxygen atoms in total. The van der Waals surface area contributed by atoms with Crippen molar-refractivity contribution >= 4 is 28.7 Å². The molecule has 2 saturated heterocycles. The van der Waals surface area contributed by atoms with Crippen molar-refractivity contribution in [1.82, 2.24) is 34.6 Å². The van der Waals surface area contributed by atoms with Crippen LogP contribution in [0.1, 0.15) is 60.4 Å². The smallest absolute Gasteiger partial charge is 0.252 e. The Morgan fingerprint density at radius 1 is 1.15 bits per heavy atom. The van der Waals surface area contributed by atoms with Crippen molar-refractivity contribution in [3.05, 3.63) is 93.9 Å². The second kappa shape index (κ2) is 11.9. The molecule has 3 aliphatic rings. The highest BCUT2D eigenvalue weighted by Crippen LogP contribution is 2.44. The van der Waals surface area contributed by atoms with Crippen LogP contribution in [0.25, 0.3) is 28.6 Å². The van der Waals surface area contributed by atoms with Gasteiger partial charge in [0.15, 0.2) is 11.4 Å². The first-order chi connectivity index (χ1) is 22.9. The predicted molar refractivity (Wildman–Crippen MR) is 174 cm³/mol. The monoisotopic (exact) mass is 650 g/mol. The Morgan fingerprint density at radius 3 is 2.74 bits per heavy atom. The number of rotatable bonds is 7. The molecule has 6 heterocycles. The summed E-state index contributed by atoms with van der Waals surface area (Å²) in [5.74, 6) is 2.22. The minimum absolute atomic E-state index is 0.0714. The molecule has 0 bridgehead atoms. The molecule has 1 N–H and O–H groups in total. The van der Waals surface area contributed by atoms with Crippen LogP contribution < -0.4 is 4.74 Å². The Labute approximate surface area is 275 Å². The van der Waals surface area contributed by atoms with Crippen molar-refractivity contribution in [2.45, 2.75) is 56.9 Å². The zero-order chi connectivity index (χ0) is 32.1. The fourth-order valence-electron chi connectivity index (χ4n) is 6.86. The number of nitrogens with zero attached hydrogens (tertiary/aromatic N) is 7. The highest BCUT2D eigenvalue weighted by atomic mass is 35.5. The molecule has 0 amide bonds. The summed E-state index contributed by atoms with van der Waals surface area (Å²) in [7, 11) is 0. The standard InChI is InChI=1S/C35H32ClFN8O2/c1-35(26-6-5-23(36)15-27(26)37)11-7-22-3-2-4-25(33(22)47-35)21-8-12-44(13-9-21)20-32-40-28-16-29(34-41-31(17-38)42-43-34)39-18-30(28)45(32)19-24-10-14-46-24/h2-7,11,15-16,18,21,24H,8-10,12-14,19-20H2,1H3,(H,41,42,43)/t24-,35+/m0/s1. The third kappa shape index (κ3) is 5.56. The van der Waals surface area contributed by atoms with E-state index in [-0.39, 0.29) is 17.7 Å². The van der Waals surface area contributed by atoms with E-state index in [4.69, 9.17) is 31.3 Å². The van der Waals surface area contributed by atoms with Crippen molar-refractivity contribution in [3.63, 3.8) is 0 Å². The summed E-state index contributed by atoms with van der Waals surface area (Å²) in [6.45, 7) is 5.89. The van der Waals surface area contributed by atoms with Crippen LogP contribution in [-0.4, -0.2) is 60.4 Å². The number of para-hydroxylation sites is 1. The lowest BCUT2D eigenvalue weighted by molar-refractivity contribution is -0.0592. The lowest BCUT2D eigenvalue weighted by Crippen LogP contribution is -2.36. The van der Waals surface area contributed by atoms with Gasteiger partial charge in [-0.25, -0.2) is 9.37 Å². The number of benzene rings is 2. The van der Waals surface area contributed by atoms with E-state index >= 15 is 0 Å². The van der Waals surface area contributed by atoms with Crippen molar-refractivity contribution in [2.75, 3.05) is 19.7 Å². The topological polar surface area (TPSA) is 118 Å². The lowest BCUT2D eigenvalue weighted by atomic mass is 9.85. The maximum Gasteiger partial charge on any atom is 0.252 e. The van der Waals surface area contributed by atoms with E-state index in [1.807, 2.05) is 43.5 Å². The average molecular weight is 651 g/mol. The first kappa shape index (κ1) is 29.8. The Kier molecular flexibility index (Phi) is 7.51. The van der Waals surface area contributed by atoms with Gasteiger partial charge in [-0.1, -0.05) is 41.9 Å². The average Bonchev–Trinajstić information content (AvgIpc) is 3.67. The number of hydrogen-bond acceptors (Lipinski definition) is 8. The van der Waals surface area contributed by atoms with E-state index in [9.17, 15) is 4.39 Å². The molecule has 0 unspecified atom stereocenters. The van der Waals surface area contributed by atoms with Crippen LogP contribution in [-0.2, 0) is 23.4 Å². The van der Waals surface area contributed by atoms with Crippen LogP contribution in [0.5, 0.6) is 5.75 Å². The van der Waals surface area contributed by atoms with Gasteiger partial charge in [0.2, 0.25) is 0 Å². The summed E-state index contributed by atoms with van der Waals surface area (Å²) >= 11 is 6.04. The molecule has 0 saturated carbocycles. The molecular weight excluding hydrogens is 619 g/mol. The third-order valence-electron chi connectivity index (χ3n) is 9.55. The summed E-state index contributed by atoms with van der Waals surface area (Å²) in [6.07, 6.45) is 8.87. The van der Waals surface area contributed by atoms with Gasteiger partial charge in [0.05, 0.1) is 36.4 Å². The Hall–Kier alpha value is -4.63. The number of hydrogen-bond donors (Lipinski definition) is 1. The zero-order valence-electron chi connectivity index (χ0n) is 25.8. The number of aromatic nitrogens is 6. The zero-order valence-corrected chi connectivity index (χ0v) is 26.5. The van der Waals surface area contributed by atoms with Crippen molar-refractivity contribution in [1.29, 1.82) is 5.26 Å². The van der Waals surface area contributed by atoms with E-state index in [0.717, 1.165) is 79.2 Å². The molecule has 3 aliphatic heterocycles. The maximum atomic E-state index is 15.0. The minimum Gasteiger partial charge on any atom is -0.478 e. The number of nitriles is 1. The largest absolute Gasteiger partial charge is 0.478 e. The maximum absolute atomic E-state index is 15.0. The number of piperidine rings is 1. The number of nitrogens with one attached hydrogen (secondary N) is 1. The van der Waals surface area contributed by atoms with Gasteiger partial charge < -0.3 is 14.0 Å². The number of fused-ring (bicyclic) bond motifs is 2. The van der Waals surface area contributed by atoms with E-state index in [1.54, 1.807) is 12.1 Å². The van der Waals surface area contributed by atoms with E-state index in [2.05, 4.69) is 41.8 Å². The van der Waals surface area contributed by atoms with Gasteiger partial charge in [-0.05, 0) is 75.0 Å². The fourth-order valence-corrected chi connectivity index (χ4v) is 7.02. The summed E-state index contributed by atoms with van der Waals surface area (Å²) in [4.78, 5) is 16.3. The summed E-state index contributed by atoms with van der Waals surface area (Å²) in [5, 5.41) is 16.2. The minimum atomic E-state index is -0.943. The number of aromatic amines is 1. The first-order valence-corrected chi connectivity index (χ1v) is 16.2. The molecule has 3 aromatic heterocycles. The summed E-state index contributed by atoms with van der Waals surface area (Å²) in [5.41, 5.74) is 4.02. The van der Waals surface area contributed by atoms with Gasteiger partial charge in [0, 0.05) is 22.8 Å². The molecule has 8 rings (SSSR count). The normalized spacial score (nSPS) is 21.3. The highest BCUT2D eigenvalue weighted by Gasteiger charge is 2.35. The van der Waals surface area contributed by atoms with Crippen LogP contribution >= 0.6 is 11.6 Å². The van der Waals surface area contributed by atoms with E-state index < -0.39 is 5.60 Å². The predicted octanol–water partition coefficient (Wildman–Crippen LogP) is 6.37. The fraction of sp³-hybridized carbons (Fsp3) is 0.343. The molecule has 238 valence electrons. The van der Waals surface area contributed by atoms with Gasteiger partial charge in [-0.15, -0.1) is 5.10 Å². The molecular formula is C35H32ClFN8O2. The second-order valence-electron chi connectivity index (χ2n) is 12.6. The van der Waals surface area contributed by atoms with Crippen molar-refractivity contribution in [2.24, 2.45) is 0 Å². The van der Waals surface area contributed by atoms with Gasteiger partial charge in [0.1, 0.15) is 29.2 Å². The molecule has 12 heteroatoms. The summed E-state index contributed by atoms with van der Waals surface area (Å²) in [6, 6.07) is 14.8. The number of pyridine rings is 1. The highest BCUT2D eigenvalue weighted by molar-refractivity contribution is 6.30. The van der Waals surface area contributed by atoms with E-state index in [0.29, 0.717) is 34.6 Å². The van der Waals surface area contributed by atoms with Gasteiger partial charge >= 0.3 is 0 Å². The first-order valence-electron chi connectivity index (χ1n) is 15.9. The number of likely N-dealkylation sites (tertiary alicyclic amines) is 1. The number of ether oxygens (including phenoxy) is 2. The lowest BCUT2D eigenvalue weighted by Gasteiger charge is -2.37. The number of halogens is 2. The SMILES string of the molecule is C[C@]1(c2ccc(Cl)cc2F)C=Cc2cccc(C3CCN(Cc4nc5cc(-c6nc(C#N)n[nH]6)ncc5n4C[C@@H]4CCO4)CC3)c2O1. The van der Waals surface area contributed by atoms with Crippen molar-refractivity contribution in [3.8, 4) is 23.3 Å². The number of H-pyrrole nitrogens is 1. The quantitative estimate of drug-likeness (QED) is 0.216. The third-order valence-corrected chi connectivity index (χ3v) is 9.79. The molecule has 0 aliphatic carbocycles. The van der Waals surface area contributed by atoms with Crippen LogP contribution in [0.2, 0.25) is 5.02 Å². The molecule has 2 aromatic carbocycles. The van der Waals surface area contributed by atoms with Crippen LogP contribution in [0.4, 0.5) is 4.39 Å². The molecule has 0 spiro atoms. The summed E-state index contributed by atoms with van der Waals surface area (Å²) < 4.78 is 29.7. The van der Waals surface area contributed by atoms with Gasteiger partial charge in [-0.2, -0.15) is 10.2 Å². The second-order valence-corrected chi connectivity index (χ2v) is 13.0. The van der Waals surface area contributed by atoms with E-state index in [1.165, 1.54) is 6.07 Å². The van der Waals surface area contributed by atoms with Crippen LogP contribution in [0, 0.1) is 17.1 Å².